The summed E-state index contributed by atoms with van der Waals surface area (Å²) in [5, 5.41) is 8.85. The number of esters is 1. The second-order valence-electron chi connectivity index (χ2n) is 7.23. The summed E-state index contributed by atoms with van der Waals surface area (Å²) < 4.78 is 55.0. The predicted molar refractivity (Wildman–Crippen MR) is 113 cm³/mol. The van der Waals surface area contributed by atoms with Gasteiger partial charge in [-0.2, -0.15) is 13.2 Å². The number of aromatic nitrogens is 1. The minimum atomic E-state index is -4.60. The topological polar surface area (TPSA) is 77.9 Å². The van der Waals surface area contributed by atoms with Crippen molar-refractivity contribution in [2.24, 2.45) is 0 Å². The van der Waals surface area contributed by atoms with Gasteiger partial charge in [-0.05, 0) is 45.0 Å². The number of nitrogens with zero attached hydrogens (tertiary/aromatic N) is 1. The zero-order valence-electron chi connectivity index (χ0n) is 17.7. The van der Waals surface area contributed by atoms with Gasteiger partial charge in [-0.3, -0.25) is 0 Å². The Morgan fingerprint density at radius 3 is 2.56 bits per heavy atom. The Bertz CT molecular complexity index is 977. The molecule has 0 amide bonds. The summed E-state index contributed by atoms with van der Waals surface area (Å²) in [4.78, 5) is 15.3. The molecular formula is C22H23ClF3NO5. The number of rotatable bonds is 9. The average molecular weight is 474 g/mol. The fraction of sp³-hybridized carbons (Fsp3) is 0.364. The minimum absolute atomic E-state index is 0.0815. The molecule has 1 aromatic heterocycles. The van der Waals surface area contributed by atoms with Crippen LogP contribution in [0.25, 0.3) is 6.08 Å². The highest BCUT2D eigenvalue weighted by Gasteiger charge is 2.32. The smallest absolute Gasteiger partial charge is 0.417 e. The van der Waals surface area contributed by atoms with Crippen LogP contribution in [-0.4, -0.2) is 34.9 Å². The average Bonchev–Trinajstić information content (AvgIpc) is 2.68. The van der Waals surface area contributed by atoms with Crippen molar-refractivity contribution in [2.45, 2.75) is 39.0 Å². The van der Waals surface area contributed by atoms with Gasteiger partial charge in [0.2, 0.25) is 5.88 Å². The molecule has 0 unspecified atom stereocenters. The Labute approximate surface area is 188 Å². The third-order valence-electron chi connectivity index (χ3n) is 4.12. The van der Waals surface area contributed by atoms with Gasteiger partial charge in [0.25, 0.3) is 0 Å². The van der Waals surface area contributed by atoms with E-state index in [0.717, 1.165) is 0 Å². The third kappa shape index (κ3) is 7.42. The number of pyridine rings is 1. The van der Waals surface area contributed by atoms with Crippen LogP contribution in [-0.2, 0) is 15.7 Å². The monoisotopic (exact) mass is 473 g/mol. The van der Waals surface area contributed by atoms with Crippen LogP contribution in [0.5, 0.6) is 17.4 Å². The van der Waals surface area contributed by atoms with Crippen LogP contribution in [0.2, 0.25) is 5.02 Å². The number of ether oxygens (including phenoxy) is 3. The summed E-state index contributed by atoms with van der Waals surface area (Å²) in [5.41, 5.74) is -1.30. The molecule has 0 atom stereocenters. The summed E-state index contributed by atoms with van der Waals surface area (Å²) in [7, 11) is 0. The maximum atomic E-state index is 12.9. The molecule has 10 heteroatoms. The summed E-state index contributed by atoms with van der Waals surface area (Å²) in [6.07, 6.45) is -1.02. The van der Waals surface area contributed by atoms with Gasteiger partial charge in [0, 0.05) is 36.9 Å². The Morgan fingerprint density at radius 1 is 1.25 bits per heavy atom. The van der Waals surface area contributed by atoms with Gasteiger partial charge in [0.15, 0.2) is 0 Å². The van der Waals surface area contributed by atoms with Gasteiger partial charge in [0.05, 0.1) is 12.2 Å². The van der Waals surface area contributed by atoms with Crippen molar-refractivity contribution < 1.29 is 37.3 Å². The zero-order valence-corrected chi connectivity index (χ0v) is 18.5. The number of alkyl halides is 3. The molecule has 0 spiro atoms. The molecule has 1 N–H and O–H groups in total. The molecule has 32 heavy (non-hydrogen) atoms. The standard InChI is InChI=1S/C22H23ClF3NO5/c1-4-30-19(29)8-6-14-5-7-16(32-21(2,3)9-10-28)12-18(14)31-20-17(23)11-15(13-27-20)22(24,25)26/h5-8,11-13,28H,4,9-10H2,1-3H3. The number of carbonyl (C=O) groups excluding carboxylic acids is 1. The van der Waals surface area contributed by atoms with E-state index in [1.807, 2.05) is 0 Å². The van der Waals surface area contributed by atoms with E-state index < -0.39 is 23.3 Å². The van der Waals surface area contributed by atoms with E-state index in [1.54, 1.807) is 32.9 Å². The number of carbonyl (C=O) groups is 1. The molecule has 2 aromatic rings. The molecule has 0 aliphatic carbocycles. The van der Waals surface area contributed by atoms with Crippen LogP contribution in [0.15, 0.2) is 36.5 Å². The molecule has 1 aromatic carbocycles. The molecule has 174 valence electrons. The highest BCUT2D eigenvalue weighted by Crippen LogP contribution is 2.37. The van der Waals surface area contributed by atoms with E-state index in [4.69, 9.17) is 25.8 Å². The Morgan fingerprint density at radius 2 is 1.97 bits per heavy atom. The van der Waals surface area contributed by atoms with Gasteiger partial charge in [0.1, 0.15) is 22.1 Å². The van der Waals surface area contributed by atoms with Gasteiger partial charge >= 0.3 is 12.1 Å². The van der Waals surface area contributed by atoms with Gasteiger partial charge in [-0.15, -0.1) is 0 Å². The lowest BCUT2D eigenvalue weighted by Crippen LogP contribution is -2.29. The van der Waals surface area contributed by atoms with Crippen molar-refractivity contribution in [3.05, 3.63) is 52.7 Å². The molecule has 1 heterocycles. The summed E-state index contributed by atoms with van der Waals surface area (Å²) in [5.74, 6) is -0.322. The molecular weight excluding hydrogens is 451 g/mol. The lowest BCUT2D eigenvalue weighted by atomic mass is 10.1. The predicted octanol–water partition coefficient (Wildman–Crippen LogP) is 5.66. The first kappa shape index (κ1) is 25.5. The second kappa shape index (κ2) is 10.7. The zero-order chi connectivity index (χ0) is 23.9. The van der Waals surface area contributed by atoms with Crippen molar-refractivity contribution in [3.63, 3.8) is 0 Å². The molecule has 0 radical (unpaired) electrons. The summed E-state index contributed by atoms with van der Waals surface area (Å²) in [6.45, 7) is 5.35. The largest absolute Gasteiger partial charge is 0.488 e. The third-order valence-corrected chi connectivity index (χ3v) is 4.39. The lowest BCUT2D eigenvalue weighted by molar-refractivity contribution is -0.138. The van der Waals surface area contributed by atoms with E-state index in [2.05, 4.69) is 4.98 Å². The van der Waals surface area contributed by atoms with Gasteiger partial charge in [-0.1, -0.05) is 11.6 Å². The molecule has 0 saturated carbocycles. The Balaban J connectivity index is 2.41. The number of benzene rings is 1. The molecule has 0 saturated heterocycles. The molecule has 2 rings (SSSR count). The van der Waals surface area contributed by atoms with E-state index in [9.17, 15) is 23.1 Å². The first-order valence-corrected chi connectivity index (χ1v) is 10.0. The number of aliphatic hydroxyl groups excluding tert-OH is 1. The molecule has 0 aliphatic rings. The van der Waals surface area contributed by atoms with Crippen molar-refractivity contribution >= 4 is 23.6 Å². The first-order chi connectivity index (χ1) is 14.9. The fourth-order valence-corrected chi connectivity index (χ4v) is 2.76. The molecule has 0 bridgehead atoms. The van der Waals surface area contributed by atoms with Crippen LogP contribution in [0, 0.1) is 0 Å². The quantitative estimate of drug-likeness (QED) is 0.374. The van der Waals surface area contributed by atoms with Crippen LogP contribution in [0.3, 0.4) is 0 Å². The number of hydrogen-bond acceptors (Lipinski definition) is 6. The van der Waals surface area contributed by atoms with E-state index in [-0.39, 0.29) is 29.9 Å². The highest BCUT2D eigenvalue weighted by molar-refractivity contribution is 6.31. The number of aliphatic hydroxyl groups is 1. The van der Waals surface area contributed by atoms with Crippen LogP contribution in [0.4, 0.5) is 13.2 Å². The van der Waals surface area contributed by atoms with Crippen LogP contribution >= 0.6 is 11.6 Å². The van der Waals surface area contributed by atoms with Gasteiger partial charge < -0.3 is 19.3 Å². The fourth-order valence-electron chi connectivity index (χ4n) is 2.55. The molecule has 0 fully saturated rings. The maximum absolute atomic E-state index is 12.9. The normalized spacial score (nSPS) is 12.1. The van der Waals surface area contributed by atoms with Crippen molar-refractivity contribution in [1.82, 2.24) is 4.98 Å². The number of hydrogen-bond donors (Lipinski definition) is 1. The van der Waals surface area contributed by atoms with Crippen molar-refractivity contribution in [2.75, 3.05) is 13.2 Å². The van der Waals surface area contributed by atoms with Crippen molar-refractivity contribution in [3.8, 4) is 17.4 Å². The minimum Gasteiger partial charge on any atom is -0.488 e. The van der Waals surface area contributed by atoms with Crippen LogP contribution < -0.4 is 9.47 Å². The molecule has 6 nitrogen and oxygen atoms in total. The molecule has 0 aliphatic heterocycles. The Hall–Kier alpha value is -2.78. The summed E-state index contributed by atoms with van der Waals surface area (Å²) >= 11 is 5.96. The maximum Gasteiger partial charge on any atom is 0.417 e. The van der Waals surface area contributed by atoms with Gasteiger partial charge in [-0.25, -0.2) is 9.78 Å². The van der Waals surface area contributed by atoms with Crippen LogP contribution in [0.1, 0.15) is 38.3 Å². The first-order valence-electron chi connectivity index (χ1n) is 9.64. The van der Waals surface area contributed by atoms with E-state index >= 15 is 0 Å². The summed E-state index contributed by atoms with van der Waals surface area (Å²) in [6, 6.07) is 5.41. The Kier molecular flexibility index (Phi) is 8.51. The second-order valence-corrected chi connectivity index (χ2v) is 7.64. The SMILES string of the molecule is CCOC(=O)C=Cc1ccc(OC(C)(C)CCO)cc1Oc1ncc(C(F)(F)F)cc1Cl. The van der Waals surface area contributed by atoms with Crippen molar-refractivity contribution in [1.29, 1.82) is 0 Å². The van der Waals surface area contributed by atoms with E-state index in [1.165, 1.54) is 18.2 Å². The highest BCUT2D eigenvalue weighted by atomic mass is 35.5. The van der Waals surface area contributed by atoms with E-state index in [0.29, 0.717) is 30.0 Å². The number of halogens is 4. The lowest BCUT2D eigenvalue weighted by Gasteiger charge is -2.26.